The van der Waals surface area contributed by atoms with Gasteiger partial charge in [-0.1, -0.05) is 0 Å². The highest BCUT2D eigenvalue weighted by Gasteiger charge is 2.10. The molecule has 4 nitrogen and oxygen atoms in total. The maximum absolute atomic E-state index is 11.2. The van der Waals surface area contributed by atoms with Crippen LogP contribution in [0.1, 0.15) is 0 Å². The number of nitrogens with zero attached hydrogens (tertiary/aromatic N) is 2. The molecule has 0 spiro atoms. The number of rotatable bonds is 2. The van der Waals surface area contributed by atoms with E-state index in [0.29, 0.717) is 4.21 Å². The molecule has 14 heavy (non-hydrogen) atoms. The molecular formula is C8H8N2O2S2. The lowest BCUT2D eigenvalue weighted by molar-refractivity contribution is 0.604. The maximum Gasteiger partial charge on any atom is 0.184 e. The molecule has 2 aromatic rings. The zero-order valence-electron chi connectivity index (χ0n) is 7.41. The van der Waals surface area contributed by atoms with Crippen LogP contribution in [0.15, 0.2) is 35.1 Å². The van der Waals surface area contributed by atoms with E-state index in [1.807, 2.05) is 0 Å². The third-order valence-corrected chi connectivity index (χ3v) is 4.61. The first-order valence-corrected chi connectivity index (χ1v) is 6.56. The van der Waals surface area contributed by atoms with Gasteiger partial charge in [0.05, 0.1) is 6.33 Å². The molecule has 0 amide bonds. The second-order valence-corrected chi connectivity index (χ2v) is 6.14. The smallest absolute Gasteiger partial charge is 0.184 e. The van der Waals surface area contributed by atoms with Crippen LogP contribution in [-0.2, 0) is 9.84 Å². The second-order valence-electron chi connectivity index (χ2n) is 2.83. The SMILES string of the molecule is CS(=O)(=O)c1ccc(-n2ccnc2)s1. The van der Waals surface area contributed by atoms with Crippen molar-refractivity contribution >= 4 is 21.2 Å². The van der Waals surface area contributed by atoms with E-state index in [0.717, 1.165) is 5.00 Å². The summed E-state index contributed by atoms with van der Waals surface area (Å²) in [6.07, 6.45) is 6.27. The summed E-state index contributed by atoms with van der Waals surface area (Å²) in [5.41, 5.74) is 0. The van der Waals surface area contributed by atoms with E-state index in [2.05, 4.69) is 4.98 Å². The molecule has 0 saturated carbocycles. The van der Waals surface area contributed by atoms with Gasteiger partial charge in [0.2, 0.25) is 0 Å². The van der Waals surface area contributed by atoms with Gasteiger partial charge in [-0.2, -0.15) is 0 Å². The number of hydrogen-bond donors (Lipinski definition) is 0. The topological polar surface area (TPSA) is 52.0 Å². The number of thiophene rings is 1. The van der Waals surface area contributed by atoms with Gasteiger partial charge in [-0.25, -0.2) is 13.4 Å². The Bertz CT molecular complexity index is 525. The standard InChI is InChI=1S/C8H8N2O2S2/c1-14(11,12)8-3-2-7(13-8)10-5-4-9-6-10/h2-6H,1H3. The normalized spacial score (nSPS) is 11.8. The number of aromatic nitrogens is 2. The van der Waals surface area contributed by atoms with Crippen molar-refractivity contribution < 1.29 is 8.42 Å². The maximum atomic E-state index is 11.2. The molecule has 0 saturated heterocycles. The highest BCUT2D eigenvalue weighted by molar-refractivity contribution is 7.92. The number of imidazole rings is 1. The molecule has 2 aromatic heterocycles. The van der Waals surface area contributed by atoms with E-state index >= 15 is 0 Å². The average molecular weight is 228 g/mol. The second kappa shape index (κ2) is 3.21. The zero-order chi connectivity index (χ0) is 10.2. The van der Waals surface area contributed by atoms with Gasteiger partial charge in [0.25, 0.3) is 0 Å². The van der Waals surface area contributed by atoms with Crippen molar-refractivity contribution in [1.29, 1.82) is 0 Å². The van der Waals surface area contributed by atoms with Crippen LogP contribution >= 0.6 is 11.3 Å². The zero-order valence-corrected chi connectivity index (χ0v) is 9.05. The summed E-state index contributed by atoms with van der Waals surface area (Å²) in [4.78, 5) is 3.89. The van der Waals surface area contributed by atoms with Crippen LogP contribution in [0.4, 0.5) is 0 Å². The molecule has 2 heterocycles. The first-order valence-electron chi connectivity index (χ1n) is 3.85. The quantitative estimate of drug-likeness (QED) is 0.779. The molecule has 0 atom stereocenters. The Morgan fingerprint density at radius 3 is 2.71 bits per heavy atom. The fourth-order valence-electron chi connectivity index (χ4n) is 1.04. The van der Waals surface area contributed by atoms with Crippen molar-refractivity contribution in [1.82, 2.24) is 9.55 Å². The van der Waals surface area contributed by atoms with Crippen LogP contribution < -0.4 is 0 Å². The van der Waals surface area contributed by atoms with E-state index in [1.165, 1.54) is 17.6 Å². The van der Waals surface area contributed by atoms with E-state index in [-0.39, 0.29) is 0 Å². The van der Waals surface area contributed by atoms with Crippen molar-refractivity contribution in [2.24, 2.45) is 0 Å². The molecule has 0 aliphatic carbocycles. The Hall–Kier alpha value is -1.14. The van der Waals surface area contributed by atoms with Gasteiger partial charge in [-0.3, -0.25) is 4.57 Å². The van der Waals surface area contributed by atoms with Crippen LogP contribution in [0.25, 0.3) is 5.00 Å². The Morgan fingerprint density at radius 2 is 2.21 bits per heavy atom. The molecule has 0 fully saturated rings. The molecular weight excluding hydrogens is 220 g/mol. The Balaban J connectivity index is 2.46. The van der Waals surface area contributed by atoms with Gasteiger partial charge in [-0.05, 0) is 12.1 Å². The van der Waals surface area contributed by atoms with Crippen molar-refractivity contribution in [2.45, 2.75) is 4.21 Å². The van der Waals surface area contributed by atoms with Gasteiger partial charge in [0, 0.05) is 18.6 Å². The van der Waals surface area contributed by atoms with Crippen molar-refractivity contribution in [3.8, 4) is 5.00 Å². The summed E-state index contributed by atoms with van der Waals surface area (Å²) < 4.78 is 24.6. The molecule has 2 rings (SSSR count). The summed E-state index contributed by atoms with van der Waals surface area (Å²) >= 11 is 1.23. The van der Waals surface area contributed by atoms with E-state index in [4.69, 9.17) is 0 Å². The molecule has 0 aliphatic heterocycles. The molecule has 0 aliphatic rings. The highest BCUT2D eigenvalue weighted by Crippen LogP contribution is 2.24. The predicted molar refractivity (Wildman–Crippen MR) is 54.6 cm³/mol. The molecule has 0 unspecified atom stereocenters. The molecule has 0 aromatic carbocycles. The van der Waals surface area contributed by atoms with Gasteiger partial charge in [0.1, 0.15) is 9.21 Å². The minimum atomic E-state index is -3.09. The summed E-state index contributed by atoms with van der Waals surface area (Å²) in [6.45, 7) is 0. The minimum Gasteiger partial charge on any atom is -0.297 e. The van der Waals surface area contributed by atoms with Gasteiger partial charge < -0.3 is 0 Å². The fraction of sp³-hybridized carbons (Fsp3) is 0.125. The van der Waals surface area contributed by atoms with Gasteiger partial charge in [0.15, 0.2) is 9.84 Å². The average Bonchev–Trinajstić information content (AvgIpc) is 2.73. The predicted octanol–water partition coefficient (Wildman–Crippen LogP) is 1.34. The van der Waals surface area contributed by atoms with Crippen molar-refractivity contribution in [3.05, 3.63) is 30.9 Å². The summed E-state index contributed by atoms with van der Waals surface area (Å²) in [7, 11) is -3.09. The first kappa shape index (κ1) is 9.42. The Labute approximate surface area is 85.8 Å². The summed E-state index contributed by atoms with van der Waals surface area (Å²) in [5, 5.41) is 0.850. The number of hydrogen-bond acceptors (Lipinski definition) is 4. The Morgan fingerprint density at radius 1 is 1.43 bits per heavy atom. The Kier molecular flexibility index (Phi) is 2.16. The fourth-order valence-corrected chi connectivity index (χ4v) is 2.91. The van der Waals surface area contributed by atoms with Crippen LogP contribution in [0.3, 0.4) is 0 Å². The minimum absolute atomic E-state index is 0.376. The van der Waals surface area contributed by atoms with E-state index in [1.54, 1.807) is 35.4 Å². The lowest BCUT2D eigenvalue weighted by Crippen LogP contribution is -1.92. The molecule has 0 N–H and O–H groups in total. The monoisotopic (exact) mass is 228 g/mol. The van der Waals surface area contributed by atoms with Crippen molar-refractivity contribution in [2.75, 3.05) is 6.26 Å². The van der Waals surface area contributed by atoms with Gasteiger partial charge >= 0.3 is 0 Å². The van der Waals surface area contributed by atoms with Crippen LogP contribution in [0.5, 0.6) is 0 Å². The van der Waals surface area contributed by atoms with Crippen LogP contribution in [-0.4, -0.2) is 24.2 Å². The lowest BCUT2D eigenvalue weighted by atomic mass is 10.6. The van der Waals surface area contributed by atoms with Crippen molar-refractivity contribution in [3.63, 3.8) is 0 Å². The summed E-state index contributed by atoms with van der Waals surface area (Å²) in [6, 6.07) is 3.37. The molecule has 6 heteroatoms. The number of sulfone groups is 1. The van der Waals surface area contributed by atoms with E-state index < -0.39 is 9.84 Å². The highest BCUT2D eigenvalue weighted by atomic mass is 32.2. The third kappa shape index (κ3) is 1.71. The van der Waals surface area contributed by atoms with Crippen LogP contribution in [0, 0.1) is 0 Å². The largest absolute Gasteiger partial charge is 0.297 e. The summed E-state index contributed by atoms with van der Waals surface area (Å²) in [5.74, 6) is 0. The first-order chi connectivity index (χ1) is 6.57. The van der Waals surface area contributed by atoms with E-state index in [9.17, 15) is 8.42 Å². The molecule has 0 bridgehead atoms. The van der Waals surface area contributed by atoms with Gasteiger partial charge in [-0.15, -0.1) is 11.3 Å². The molecule has 0 radical (unpaired) electrons. The van der Waals surface area contributed by atoms with Crippen LogP contribution in [0.2, 0.25) is 0 Å². The lowest BCUT2D eigenvalue weighted by Gasteiger charge is -1.94. The third-order valence-electron chi connectivity index (χ3n) is 1.69. The molecule has 74 valence electrons.